The Hall–Kier alpha value is -1.75. The molecule has 0 amide bonds. The first-order valence-corrected chi connectivity index (χ1v) is 7.05. The Morgan fingerprint density at radius 2 is 2.30 bits per heavy atom. The number of anilines is 2. The van der Waals surface area contributed by atoms with E-state index < -0.39 is 0 Å². The Labute approximate surface area is 118 Å². The fourth-order valence-corrected chi connectivity index (χ4v) is 2.77. The van der Waals surface area contributed by atoms with Crippen molar-refractivity contribution in [1.29, 1.82) is 0 Å². The molecule has 3 rings (SSSR count). The maximum atomic E-state index is 5.75. The predicted octanol–water partition coefficient (Wildman–Crippen LogP) is 3.03. The molecule has 0 spiro atoms. The number of aromatic nitrogens is 1. The molecular formula is C15H21N3O2. The average molecular weight is 275 g/mol. The van der Waals surface area contributed by atoms with Gasteiger partial charge >= 0.3 is 0 Å². The van der Waals surface area contributed by atoms with Crippen molar-refractivity contribution in [2.45, 2.75) is 39.3 Å². The van der Waals surface area contributed by atoms with Crippen molar-refractivity contribution in [3.63, 3.8) is 0 Å². The number of hydrogen-bond donors (Lipinski definition) is 2. The smallest absolute Gasteiger partial charge is 0.295 e. The third kappa shape index (κ3) is 2.12. The van der Waals surface area contributed by atoms with Crippen LogP contribution in [0.3, 0.4) is 0 Å². The molecule has 1 saturated carbocycles. The molecule has 2 aromatic rings. The zero-order valence-electron chi connectivity index (χ0n) is 12.1. The molecule has 1 fully saturated rings. The molecular weight excluding hydrogens is 254 g/mol. The molecule has 0 aliphatic heterocycles. The lowest BCUT2D eigenvalue weighted by atomic mass is 9.64. The van der Waals surface area contributed by atoms with Gasteiger partial charge in [0.05, 0.1) is 6.10 Å². The lowest BCUT2D eigenvalue weighted by molar-refractivity contribution is -0.0980. The highest BCUT2D eigenvalue weighted by Crippen LogP contribution is 2.44. The third-order valence-electron chi connectivity index (χ3n) is 4.25. The number of rotatable bonds is 4. The minimum atomic E-state index is 0.0791. The molecule has 2 unspecified atom stereocenters. The topological polar surface area (TPSA) is 73.3 Å². The Morgan fingerprint density at radius 3 is 3.00 bits per heavy atom. The molecule has 0 bridgehead atoms. The van der Waals surface area contributed by atoms with E-state index in [2.05, 4.69) is 24.1 Å². The molecule has 1 aliphatic carbocycles. The lowest BCUT2D eigenvalue weighted by Crippen LogP contribution is -2.58. The molecule has 1 aliphatic rings. The first kappa shape index (κ1) is 13.2. The van der Waals surface area contributed by atoms with Crippen LogP contribution >= 0.6 is 0 Å². The summed E-state index contributed by atoms with van der Waals surface area (Å²) < 4.78 is 11.4. The Bertz CT molecular complexity index is 621. The number of benzene rings is 1. The van der Waals surface area contributed by atoms with E-state index in [-0.39, 0.29) is 5.41 Å². The maximum Gasteiger partial charge on any atom is 0.295 e. The molecule has 5 nitrogen and oxygen atoms in total. The Morgan fingerprint density at radius 1 is 1.50 bits per heavy atom. The van der Waals surface area contributed by atoms with Gasteiger partial charge in [-0.2, -0.15) is 4.98 Å². The van der Waals surface area contributed by atoms with Gasteiger partial charge in [0.2, 0.25) is 0 Å². The molecule has 3 N–H and O–H groups in total. The van der Waals surface area contributed by atoms with E-state index in [1.54, 1.807) is 0 Å². The fourth-order valence-electron chi connectivity index (χ4n) is 2.77. The Balaban J connectivity index is 1.74. The van der Waals surface area contributed by atoms with Crippen molar-refractivity contribution in [2.24, 2.45) is 5.41 Å². The van der Waals surface area contributed by atoms with Crippen LogP contribution in [0.15, 0.2) is 22.6 Å². The SMILES string of the molecule is CCOC1CC(Nc2nc3cc(N)ccc3o2)C1(C)C. The van der Waals surface area contributed by atoms with Gasteiger partial charge in [0.15, 0.2) is 5.58 Å². The summed E-state index contributed by atoms with van der Waals surface area (Å²) in [6.07, 6.45) is 1.27. The number of nitrogens with one attached hydrogen (secondary N) is 1. The van der Waals surface area contributed by atoms with Gasteiger partial charge in [-0.15, -0.1) is 0 Å². The van der Waals surface area contributed by atoms with Crippen LogP contribution in [-0.4, -0.2) is 23.7 Å². The van der Waals surface area contributed by atoms with Crippen LogP contribution < -0.4 is 11.1 Å². The average Bonchev–Trinajstić information content (AvgIpc) is 2.79. The van der Waals surface area contributed by atoms with Gasteiger partial charge in [-0.3, -0.25) is 0 Å². The normalized spacial score (nSPS) is 24.6. The maximum absolute atomic E-state index is 5.75. The van der Waals surface area contributed by atoms with Crippen LogP contribution in [0.2, 0.25) is 0 Å². The van der Waals surface area contributed by atoms with Crippen molar-refractivity contribution < 1.29 is 9.15 Å². The van der Waals surface area contributed by atoms with E-state index in [4.69, 9.17) is 14.9 Å². The first-order valence-electron chi connectivity index (χ1n) is 7.05. The lowest BCUT2D eigenvalue weighted by Gasteiger charge is -2.51. The summed E-state index contributed by atoms with van der Waals surface area (Å²) in [5.74, 6) is 0. The predicted molar refractivity (Wildman–Crippen MR) is 79.6 cm³/mol. The quantitative estimate of drug-likeness (QED) is 0.839. The molecule has 0 saturated heterocycles. The summed E-state index contributed by atoms with van der Waals surface area (Å²) in [6.45, 7) is 7.19. The molecule has 108 valence electrons. The summed E-state index contributed by atoms with van der Waals surface area (Å²) >= 11 is 0. The van der Waals surface area contributed by atoms with E-state index in [1.807, 2.05) is 25.1 Å². The highest BCUT2D eigenvalue weighted by Gasteiger charge is 2.49. The summed E-state index contributed by atoms with van der Waals surface area (Å²) in [4.78, 5) is 4.43. The zero-order chi connectivity index (χ0) is 14.3. The Kier molecular flexibility index (Phi) is 3.09. The number of hydrogen-bond acceptors (Lipinski definition) is 5. The number of nitrogens with two attached hydrogens (primary N) is 1. The third-order valence-corrected chi connectivity index (χ3v) is 4.25. The van der Waals surface area contributed by atoms with E-state index in [9.17, 15) is 0 Å². The monoisotopic (exact) mass is 275 g/mol. The highest BCUT2D eigenvalue weighted by atomic mass is 16.5. The number of nitrogens with zero attached hydrogens (tertiary/aromatic N) is 1. The van der Waals surface area contributed by atoms with E-state index in [0.29, 0.717) is 23.8 Å². The van der Waals surface area contributed by atoms with Crippen molar-refractivity contribution >= 4 is 22.8 Å². The summed E-state index contributed by atoms with van der Waals surface area (Å²) in [5.41, 5.74) is 8.05. The van der Waals surface area contributed by atoms with Gasteiger partial charge in [-0.05, 0) is 31.5 Å². The van der Waals surface area contributed by atoms with Gasteiger partial charge in [0.1, 0.15) is 5.52 Å². The van der Waals surface area contributed by atoms with Gasteiger partial charge in [0, 0.05) is 23.8 Å². The second kappa shape index (κ2) is 4.66. The van der Waals surface area contributed by atoms with Crippen LogP contribution in [0.25, 0.3) is 11.1 Å². The van der Waals surface area contributed by atoms with Crippen molar-refractivity contribution in [1.82, 2.24) is 4.98 Å². The molecule has 1 heterocycles. The number of nitrogen functional groups attached to an aromatic ring is 1. The molecule has 5 heteroatoms. The van der Waals surface area contributed by atoms with E-state index >= 15 is 0 Å². The summed E-state index contributed by atoms with van der Waals surface area (Å²) in [7, 11) is 0. The van der Waals surface area contributed by atoms with E-state index in [1.165, 1.54) is 0 Å². The number of fused-ring (bicyclic) bond motifs is 1. The highest BCUT2D eigenvalue weighted by molar-refractivity contribution is 5.78. The van der Waals surface area contributed by atoms with Crippen LogP contribution in [0.1, 0.15) is 27.2 Å². The second-order valence-corrected chi connectivity index (χ2v) is 5.94. The first-order chi connectivity index (χ1) is 9.50. The van der Waals surface area contributed by atoms with Crippen LogP contribution in [0.4, 0.5) is 11.7 Å². The molecule has 1 aromatic carbocycles. The second-order valence-electron chi connectivity index (χ2n) is 5.94. The molecule has 20 heavy (non-hydrogen) atoms. The van der Waals surface area contributed by atoms with Gasteiger partial charge in [-0.1, -0.05) is 13.8 Å². The largest absolute Gasteiger partial charge is 0.424 e. The van der Waals surface area contributed by atoms with E-state index in [0.717, 1.165) is 24.1 Å². The van der Waals surface area contributed by atoms with Gasteiger partial charge in [0.25, 0.3) is 6.01 Å². The number of ether oxygens (including phenoxy) is 1. The molecule has 0 radical (unpaired) electrons. The fraction of sp³-hybridized carbons (Fsp3) is 0.533. The molecule has 2 atom stereocenters. The van der Waals surface area contributed by atoms with Crippen molar-refractivity contribution in [3.05, 3.63) is 18.2 Å². The summed E-state index contributed by atoms with van der Waals surface area (Å²) in [5, 5.41) is 3.37. The van der Waals surface area contributed by atoms with Gasteiger partial charge in [-0.25, -0.2) is 0 Å². The van der Waals surface area contributed by atoms with Crippen LogP contribution in [0, 0.1) is 5.41 Å². The summed E-state index contributed by atoms with van der Waals surface area (Å²) in [6, 6.07) is 6.34. The standard InChI is InChI=1S/C15H21N3O2/c1-4-19-13-8-12(15(13,2)3)18-14-17-10-7-9(16)5-6-11(10)20-14/h5-7,12-13H,4,8,16H2,1-3H3,(H,17,18). The number of oxazole rings is 1. The minimum absolute atomic E-state index is 0.0791. The molecule has 1 aromatic heterocycles. The van der Waals surface area contributed by atoms with Crippen molar-refractivity contribution in [3.8, 4) is 0 Å². The minimum Gasteiger partial charge on any atom is -0.424 e. The van der Waals surface area contributed by atoms with Crippen LogP contribution in [-0.2, 0) is 4.74 Å². The van der Waals surface area contributed by atoms with Crippen molar-refractivity contribution in [2.75, 3.05) is 17.7 Å². The zero-order valence-corrected chi connectivity index (χ0v) is 12.1. The van der Waals surface area contributed by atoms with Gasteiger partial charge < -0.3 is 20.2 Å². The van der Waals surface area contributed by atoms with Crippen LogP contribution in [0.5, 0.6) is 0 Å².